The number of aromatic nitrogens is 4. The predicted molar refractivity (Wildman–Crippen MR) is 252 cm³/mol. The minimum Gasteiger partial charge on any atom is -0.456 e. The first-order valence-corrected chi connectivity index (χ1v) is 20.6. The highest BCUT2D eigenvalue weighted by Crippen LogP contribution is 2.39. The van der Waals surface area contributed by atoms with E-state index in [1.807, 2.05) is 12.1 Å². The van der Waals surface area contributed by atoms with E-state index in [2.05, 4.69) is 203 Å². The van der Waals surface area contributed by atoms with Gasteiger partial charge in [0, 0.05) is 49.0 Å². The number of benzene rings is 9. The summed E-state index contributed by atoms with van der Waals surface area (Å²) in [6.07, 6.45) is 0. The summed E-state index contributed by atoms with van der Waals surface area (Å²) in [6.45, 7) is 0. The zero-order chi connectivity index (χ0) is 40.0. The van der Waals surface area contributed by atoms with Crippen LogP contribution in [0.5, 0.6) is 0 Å². The Morgan fingerprint density at radius 2 is 0.803 bits per heavy atom. The Labute approximate surface area is 350 Å². The first-order valence-electron chi connectivity index (χ1n) is 20.6. The Morgan fingerprint density at radius 3 is 1.54 bits per heavy atom. The number of nitrogens with zero attached hydrogens (tertiary/aromatic N) is 4. The fourth-order valence-electron chi connectivity index (χ4n) is 9.49. The summed E-state index contributed by atoms with van der Waals surface area (Å²) in [5, 5.41) is 7.99. The van der Waals surface area contributed by atoms with Crippen molar-refractivity contribution in [2.75, 3.05) is 0 Å². The van der Waals surface area contributed by atoms with Crippen molar-refractivity contribution in [1.82, 2.24) is 19.1 Å². The summed E-state index contributed by atoms with van der Waals surface area (Å²) in [6, 6.07) is 73.2. The molecule has 0 aliphatic rings. The van der Waals surface area contributed by atoms with Crippen LogP contribution >= 0.6 is 0 Å². The second-order valence-electron chi connectivity index (χ2n) is 15.8. The quantitative estimate of drug-likeness (QED) is 0.175. The van der Waals surface area contributed by atoms with Crippen LogP contribution < -0.4 is 0 Å². The topological polar surface area (TPSA) is 48.8 Å². The van der Waals surface area contributed by atoms with Crippen molar-refractivity contribution in [3.8, 4) is 45.1 Å². The summed E-state index contributed by atoms with van der Waals surface area (Å²) in [4.78, 5) is 10.7. The molecule has 0 atom stereocenters. The molecule has 0 amide bonds. The molecular formula is C56H34N4O. The van der Waals surface area contributed by atoms with Gasteiger partial charge < -0.3 is 8.98 Å². The maximum absolute atomic E-state index is 6.09. The maximum Gasteiger partial charge on any atom is 0.235 e. The molecule has 13 rings (SSSR count). The minimum atomic E-state index is 0.645. The Hall–Kier alpha value is -8.28. The molecule has 0 radical (unpaired) electrons. The van der Waals surface area contributed by atoms with E-state index >= 15 is 0 Å². The van der Waals surface area contributed by atoms with Gasteiger partial charge in [0.1, 0.15) is 11.2 Å². The highest BCUT2D eigenvalue weighted by Gasteiger charge is 2.20. The van der Waals surface area contributed by atoms with Crippen LogP contribution in [0.4, 0.5) is 0 Å². The van der Waals surface area contributed by atoms with Gasteiger partial charge >= 0.3 is 0 Å². The third kappa shape index (κ3) is 5.21. The Balaban J connectivity index is 0.934. The van der Waals surface area contributed by atoms with Gasteiger partial charge in [-0.1, -0.05) is 133 Å². The average Bonchev–Trinajstić information content (AvgIpc) is 3.98. The van der Waals surface area contributed by atoms with Gasteiger partial charge in [0.05, 0.1) is 33.3 Å². The van der Waals surface area contributed by atoms with Gasteiger partial charge in [-0.2, -0.15) is 0 Å². The molecule has 0 saturated carbocycles. The van der Waals surface area contributed by atoms with Crippen molar-refractivity contribution in [3.05, 3.63) is 206 Å². The van der Waals surface area contributed by atoms with Crippen molar-refractivity contribution in [2.45, 2.75) is 0 Å². The van der Waals surface area contributed by atoms with E-state index in [1.165, 1.54) is 21.9 Å². The molecule has 5 nitrogen and oxygen atoms in total. The molecule has 0 bridgehead atoms. The van der Waals surface area contributed by atoms with Crippen molar-refractivity contribution in [1.29, 1.82) is 0 Å². The smallest absolute Gasteiger partial charge is 0.235 e. The SMILES string of the molecule is c1ccc(-n2c3ccccc3c3cc(-c4nc(-n5c6ccccc6c6cc(-c7ccc(-c8ccc9oc%10ccccc%10c9c8)cc7)ccc65)nc5ccccc45)ccc32)cc1. The number of fused-ring (bicyclic) bond motifs is 10. The predicted octanol–water partition coefficient (Wildman–Crippen LogP) is 14.7. The van der Waals surface area contributed by atoms with Crippen LogP contribution in [0.3, 0.4) is 0 Å². The standard InChI is InChI=1S/C56H34N4O/c1-2-12-40(13-3-1)59-49-19-9-5-14-41(49)46-34-39(27-30-51(46)59)55-44-17-4-8-18-48(44)57-56(58-55)60-50-20-10-6-15-42(50)45-32-37(26-29-52(45)60)35-22-24-36(25-23-35)38-28-31-54-47(33-38)43-16-7-11-21-53(43)61-54/h1-34H. The molecule has 0 N–H and O–H groups in total. The van der Waals surface area contributed by atoms with Crippen molar-refractivity contribution in [2.24, 2.45) is 0 Å². The summed E-state index contributed by atoms with van der Waals surface area (Å²) >= 11 is 0. The lowest BCUT2D eigenvalue weighted by Gasteiger charge is -2.12. The normalized spacial score (nSPS) is 11.9. The molecule has 4 aromatic heterocycles. The Kier molecular flexibility index (Phi) is 7.24. The van der Waals surface area contributed by atoms with Gasteiger partial charge in [0.25, 0.3) is 0 Å². The zero-order valence-electron chi connectivity index (χ0n) is 32.8. The monoisotopic (exact) mass is 778 g/mol. The molecule has 13 aromatic rings. The molecule has 0 unspecified atom stereocenters. The van der Waals surface area contributed by atoms with Crippen molar-refractivity contribution >= 4 is 76.5 Å². The van der Waals surface area contributed by atoms with Gasteiger partial charge in [0.15, 0.2) is 0 Å². The van der Waals surface area contributed by atoms with Crippen molar-refractivity contribution in [3.63, 3.8) is 0 Å². The summed E-state index contributed by atoms with van der Waals surface area (Å²) in [7, 11) is 0. The minimum absolute atomic E-state index is 0.645. The van der Waals surface area contributed by atoms with Crippen LogP contribution in [-0.2, 0) is 0 Å². The molecule has 0 fully saturated rings. The molecule has 9 aromatic carbocycles. The number of furan rings is 1. The van der Waals surface area contributed by atoms with Crippen LogP contribution in [-0.4, -0.2) is 19.1 Å². The Morgan fingerprint density at radius 1 is 0.311 bits per heavy atom. The lowest BCUT2D eigenvalue weighted by molar-refractivity contribution is 0.669. The highest BCUT2D eigenvalue weighted by molar-refractivity contribution is 6.12. The molecule has 0 spiro atoms. The molecule has 0 aliphatic carbocycles. The second-order valence-corrected chi connectivity index (χ2v) is 15.8. The van der Waals surface area contributed by atoms with E-state index in [0.717, 1.165) is 93.8 Å². The first kappa shape index (κ1) is 33.7. The largest absolute Gasteiger partial charge is 0.456 e. The summed E-state index contributed by atoms with van der Waals surface area (Å²) < 4.78 is 10.7. The third-order valence-electron chi connectivity index (χ3n) is 12.4. The molecule has 61 heavy (non-hydrogen) atoms. The van der Waals surface area contributed by atoms with Gasteiger partial charge in [-0.25, -0.2) is 9.97 Å². The van der Waals surface area contributed by atoms with Gasteiger partial charge in [-0.15, -0.1) is 0 Å². The van der Waals surface area contributed by atoms with Gasteiger partial charge in [-0.3, -0.25) is 4.57 Å². The van der Waals surface area contributed by atoms with E-state index in [0.29, 0.717) is 5.95 Å². The van der Waals surface area contributed by atoms with Crippen LogP contribution in [0, 0.1) is 0 Å². The highest BCUT2D eigenvalue weighted by atomic mass is 16.3. The van der Waals surface area contributed by atoms with Crippen LogP contribution in [0.25, 0.3) is 122 Å². The molecular weight excluding hydrogens is 745 g/mol. The fraction of sp³-hybridized carbons (Fsp3) is 0. The fourth-order valence-corrected chi connectivity index (χ4v) is 9.49. The average molecular weight is 779 g/mol. The van der Waals surface area contributed by atoms with Crippen molar-refractivity contribution < 1.29 is 4.42 Å². The van der Waals surface area contributed by atoms with Crippen LogP contribution in [0.2, 0.25) is 0 Å². The molecule has 5 heteroatoms. The first-order chi connectivity index (χ1) is 30.2. The number of para-hydroxylation sites is 5. The second kappa shape index (κ2) is 13.1. The Bertz CT molecular complexity index is 3870. The van der Waals surface area contributed by atoms with E-state index in [-0.39, 0.29) is 0 Å². The molecule has 284 valence electrons. The van der Waals surface area contributed by atoms with E-state index in [1.54, 1.807) is 0 Å². The number of rotatable bonds is 5. The summed E-state index contributed by atoms with van der Waals surface area (Å²) in [5.41, 5.74) is 14.9. The van der Waals surface area contributed by atoms with E-state index in [4.69, 9.17) is 14.4 Å². The lowest BCUT2D eigenvalue weighted by atomic mass is 9.98. The maximum atomic E-state index is 6.09. The number of hydrogen-bond donors (Lipinski definition) is 0. The number of hydrogen-bond acceptors (Lipinski definition) is 3. The van der Waals surface area contributed by atoms with Gasteiger partial charge in [0.2, 0.25) is 5.95 Å². The van der Waals surface area contributed by atoms with Gasteiger partial charge in [-0.05, 0) is 95.1 Å². The zero-order valence-corrected chi connectivity index (χ0v) is 32.8. The molecule has 0 saturated heterocycles. The van der Waals surface area contributed by atoms with Crippen LogP contribution in [0.1, 0.15) is 0 Å². The van der Waals surface area contributed by atoms with Crippen LogP contribution in [0.15, 0.2) is 211 Å². The van der Waals surface area contributed by atoms with E-state index in [9.17, 15) is 0 Å². The molecule has 0 aliphatic heterocycles. The third-order valence-corrected chi connectivity index (χ3v) is 12.4. The lowest BCUT2D eigenvalue weighted by Crippen LogP contribution is -2.03. The van der Waals surface area contributed by atoms with E-state index < -0.39 is 0 Å². The summed E-state index contributed by atoms with van der Waals surface area (Å²) in [5.74, 6) is 0.645. The molecule has 4 heterocycles.